The summed E-state index contributed by atoms with van der Waals surface area (Å²) in [5.74, 6) is 1.19. The fraction of sp³-hybridized carbons (Fsp3) is 0.750. The minimum Gasteiger partial charge on any atom is -0.381 e. The Morgan fingerprint density at radius 2 is 1.79 bits per heavy atom. The van der Waals surface area contributed by atoms with Gasteiger partial charge in [-0.1, -0.05) is 20.8 Å². The molecule has 1 aromatic heterocycles. The Balaban J connectivity index is 1.51. The average Bonchev–Trinajstić information content (AvgIpc) is 2.62. The maximum atomic E-state index is 5.49. The van der Waals surface area contributed by atoms with Crippen molar-refractivity contribution in [2.24, 2.45) is 5.92 Å². The zero-order valence-corrected chi connectivity index (χ0v) is 15.5. The number of hydrogen-bond acceptors (Lipinski definition) is 4. The highest BCUT2D eigenvalue weighted by atomic mass is 16.5. The fourth-order valence-electron chi connectivity index (χ4n) is 3.87. The third-order valence-corrected chi connectivity index (χ3v) is 5.89. The number of likely N-dealkylation sites (tertiary alicyclic amines) is 1. The molecule has 1 atom stereocenters. The number of aromatic nitrogens is 1. The van der Waals surface area contributed by atoms with Crippen LogP contribution in [0.25, 0.3) is 0 Å². The van der Waals surface area contributed by atoms with E-state index in [1.165, 1.54) is 50.0 Å². The van der Waals surface area contributed by atoms with Crippen molar-refractivity contribution in [2.45, 2.75) is 64.5 Å². The van der Waals surface area contributed by atoms with Crippen molar-refractivity contribution in [3.05, 3.63) is 24.0 Å². The van der Waals surface area contributed by atoms with Gasteiger partial charge in [-0.15, -0.1) is 0 Å². The van der Waals surface area contributed by atoms with Crippen LogP contribution in [0.4, 0.5) is 5.69 Å². The monoisotopic (exact) mass is 331 g/mol. The smallest absolute Gasteiger partial charge is 0.0531 e. The van der Waals surface area contributed by atoms with Gasteiger partial charge in [-0.25, -0.2) is 0 Å². The van der Waals surface area contributed by atoms with Crippen molar-refractivity contribution < 1.29 is 4.74 Å². The highest BCUT2D eigenvalue weighted by molar-refractivity contribution is 5.44. The predicted molar refractivity (Wildman–Crippen MR) is 99.5 cm³/mol. The van der Waals surface area contributed by atoms with Crippen molar-refractivity contribution >= 4 is 5.69 Å². The summed E-state index contributed by atoms with van der Waals surface area (Å²) in [6, 6.07) is 3.62. The molecule has 2 fully saturated rings. The SMILES string of the molecule is CC(C)C(C)c1cncc(NC2CCN(C3CCOCC3)CC2)c1. The first-order chi connectivity index (χ1) is 11.6. The van der Waals surface area contributed by atoms with Gasteiger partial charge in [0.1, 0.15) is 0 Å². The molecule has 24 heavy (non-hydrogen) atoms. The van der Waals surface area contributed by atoms with Crippen LogP contribution in [0, 0.1) is 5.92 Å². The normalized spacial score (nSPS) is 22.7. The molecule has 0 bridgehead atoms. The third-order valence-electron chi connectivity index (χ3n) is 5.89. The molecule has 0 amide bonds. The second-order valence-corrected chi connectivity index (χ2v) is 7.84. The van der Waals surface area contributed by atoms with E-state index in [9.17, 15) is 0 Å². The largest absolute Gasteiger partial charge is 0.381 e. The predicted octanol–water partition coefficient (Wildman–Crippen LogP) is 3.90. The van der Waals surface area contributed by atoms with Gasteiger partial charge < -0.3 is 15.0 Å². The summed E-state index contributed by atoms with van der Waals surface area (Å²) in [6.07, 6.45) is 8.85. The number of ether oxygens (including phenoxy) is 1. The average molecular weight is 332 g/mol. The lowest BCUT2D eigenvalue weighted by Crippen LogP contribution is -2.46. The van der Waals surface area contributed by atoms with Crippen LogP contribution < -0.4 is 5.32 Å². The highest BCUT2D eigenvalue weighted by Crippen LogP contribution is 2.26. The van der Waals surface area contributed by atoms with Crippen LogP contribution in [0.5, 0.6) is 0 Å². The molecule has 0 aliphatic carbocycles. The number of nitrogens with zero attached hydrogens (tertiary/aromatic N) is 2. The molecule has 3 rings (SSSR count). The van der Waals surface area contributed by atoms with Crippen LogP contribution in [0.3, 0.4) is 0 Å². The van der Waals surface area contributed by atoms with Gasteiger partial charge in [-0.05, 0) is 49.1 Å². The number of rotatable bonds is 5. The molecule has 0 radical (unpaired) electrons. The summed E-state index contributed by atoms with van der Waals surface area (Å²) >= 11 is 0. The van der Waals surface area contributed by atoms with Crippen LogP contribution in [0.2, 0.25) is 0 Å². The van der Waals surface area contributed by atoms with E-state index in [0.717, 1.165) is 19.3 Å². The molecule has 2 aliphatic heterocycles. The molecule has 4 heteroatoms. The molecule has 4 nitrogen and oxygen atoms in total. The van der Waals surface area contributed by atoms with Gasteiger partial charge in [0.2, 0.25) is 0 Å². The molecule has 1 unspecified atom stereocenters. The van der Waals surface area contributed by atoms with Gasteiger partial charge >= 0.3 is 0 Å². The molecule has 0 spiro atoms. The van der Waals surface area contributed by atoms with Crippen LogP contribution in [-0.4, -0.2) is 48.3 Å². The van der Waals surface area contributed by atoms with Gasteiger partial charge in [0, 0.05) is 50.8 Å². The van der Waals surface area contributed by atoms with Crippen LogP contribution in [0.1, 0.15) is 57.9 Å². The Kier molecular flexibility index (Phi) is 6.12. The van der Waals surface area contributed by atoms with Crippen molar-refractivity contribution in [1.82, 2.24) is 9.88 Å². The quantitative estimate of drug-likeness (QED) is 0.888. The Hall–Kier alpha value is -1.13. The van der Waals surface area contributed by atoms with E-state index in [0.29, 0.717) is 17.9 Å². The summed E-state index contributed by atoms with van der Waals surface area (Å²) in [7, 11) is 0. The summed E-state index contributed by atoms with van der Waals surface area (Å²) in [6.45, 7) is 11.1. The van der Waals surface area contributed by atoms with E-state index in [-0.39, 0.29) is 0 Å². The molecule has 1 N–H and O–H groups in total. The molecule has 2 aliphatic rings. The van der Waals surface area contributed by atoms with Gasteiger partial charge in [-0.3, -0.25) is 4.98 Å². The lowest BCUT2D eigenvalue weighted by Gasteiger charge is -2.39. The van der Waals surface area contributed by atoms with Crippen LogP contribution in [0.15, 0.2) is 18.5 Å². The van der Waals surface area contributed by atoms with Gasteiger partial charge in [0.25, 0.3) is 0 Å². The van der Waals surface area contributed by atoms with E-state index in [2.05, 4.69) is 42.0 Å². The summed E-state index contributed by atoms with van der Waals surface area (Å²) < 4.78 is 5.49. The number of piperidine rings is 1. The van der Waals surface area contributed by atoms with Crippen molar-refractivity contribution in [1.29, 1.82) is 0 Å². The lowest BCUT2D eigenvalue weighted by atomic mass is 9.91. The molecule has 0 aromatic carbocycles. The van der Waals surface area contributed by atoms with E-state index >= 15 is 0 Å². The number of anilines is 1. The Bertz CT molecular complexity index is 505. The Morgan fingerprint density at radius 1 is 1.08 bits per heavy atom. The molecule has 1 aromatic rings. The van der Waals surface area contributed by atoms with E-state index in [1.807, 2.05) is 12.4 Å². The molecule has 0 saturated carbocycles. The van der Waals surface area contributed by atoms with Gasteiger partial charge in [0.15, 0.2) is 0 Å². The molecule has 134 valence electrons. The Labute approximate surface area is 147 Å². The maximum absolute atomic E-state index is 5.49. The second-order valence-electron chi connectivity index (χ2n) is 7.84. The van der Waals surface area contributed by atoms with E-state index in [1.54, 1.807) is 0 Å². The van der Waals surface area contributed by atoms with Gasteiger partial charge in [-0.2, -0.15) is 0 Å². The summed E-state index contributed by atoms with van der Waals surface area (Å²) in [4.78, 5) is 7.13. The maximum Gasteiger partial charge on any atom is 0.0531 e. The third kappa shape index (κ3) is 4.48. The summed E-state index contributed by atoms with van der Waals surface area (Å²) in [5, 5.41) is 3.72. The number of hydrogen-bond donors (Lipinski definition) is 1. The van der Waals surface area contributed by atoms with Crippen LogP contribution >= 0.6 is 0 Å². The van der Waals surface area contributed by atoms with E-state index < -0.39 is 0 Å². The lowest BCUT2D eigenvalue weighted by molar-refractivity contribution is 0.0262. The zero-order valence-electron chi connectivity index (χ0n) is 15.5. The molecule has 3 heterocycles. The Morgan fingerprint density at radius 3 is 2.46 bits per heavy atom. The highest BCUT2D eigenvalue weighted by Gasteiger charge is 2.26. The molecular weight excluding hydrogens is 298 g/mol. The van der Waals surface area contributed by atoms with Gasteiger partial charge in [0.05, 0.1) is 5.69 Å². The topological polar surface area (TPSA) is 37.4 Å². The minimum atomic E-state index is 0.551. The second kappa shape index (κ2) is 8.30. The standard InChI is InChI=1S/C20H33N3O/c1-15(2)16(3)17-12-19(14-21-13-17)22-18-4-8-23(9-5-18)20-6-10-24-11-7-20/h12-16,18,20,22H,4-11H2,1-3H3. The fourth-order valence-corrected chi connectivity index (χ4v) is 3.87. The number of pyridine rings is 1. The first-order valence-electron chi connectivity index (χ1n) is 9.66. The van der Waals surface area contributed by atoms with Crippen molar-refractivity contribution in [3.63, 3.8) is 0 Å². The van der Waals surface area contributed by atoms with E-state index in [4.69, 9.17) is 4.74 Å². The minimum absolute atomic E-state index is 0.551. The van der Waals surface area contributed by atoms with Crippen LogP contribution in [-0.2, 0) is 4.74 Å². The first kappa shape index (κ1) is 17.7. The van der Waals surface area contributed by atoms with Crippen molar-refractivity contribution in [3.8, 4) is 0 Å². The molecular formula is C20H33N3O. The summed E-state index contributed by atoms with van der Waals surface area (Å²) in [5.41, 5.74) is 2.53. The van der Waals surface area contributed by atoms with Crippen molar-refractivity contribution in [2.75, 3.05) is 31.6 Å². The first-order valence-corrected chi connectivity index (χ1v) is 9.66. The zero-order chi connectivity index (χ0) is 16.9. The molecule has 2 saturated heterocycles. The number of nitrogens with one attached hydrogen (secondary N) is 1.